The van der Waals surface area contributed by atoms with Crippen LogP contribution in [0.15, 0.2) is 71.6 Å². The molecule has 0 fully saturated rings. The molecule has 0 spiro atoms. The Hall–Kier alpha value is -4.12. The van der Waals surface area contributed by atoms with Crippen LogP contribution in [0, 0.1) is 12.7 Å². The Kier molecular flexibility index (Phi) is 8.93. The maximum Gasteiger partial charge on any atom is 0.264 e. The first-order valence-electron chi connectivity index (χ1n) is 12.9. The standard InChI is InChI=1S/C29H32FN3O6S/c1-4-25(29(35)31-3)32(18-21-8-6-5-7-20(21)2)28(34)19-33(23-11-9-22(30)10-12-23)40(36,37)24-13-14-26-27(17-24)39-16-15-38-26/h5-14,17,25H,4,15-16,18-19H2,1-3H3,(H,31,35). The number of benzene rings is 3. The molecule has 1 heterocycles. The minimum absolute atomic E-state index is 0.0912. The number of carbonyl (C=O) groups excluding carboxylic acids is 2. The van der Waals surface area contributed by atoms with Crippen LogP contribution in [0.25, 0.3) is 0 Å². The molecule has 1 aliphatic heterocycles. The van der Waals surface area contributed by atoms with Gasteiger partial charge in [0.05, 0.1) is 10.6 Å². The van der Waals surface area contributed by atoms with Gasteiger partial charge < -0.3 is 19.7 Å². The van der Waals surface area contributed by atoms with E-state index in [1.807, 2.05) is 31.2 Å². The second-order valence-electron chi connectivity index (χ2n) is 9.28. The van der Waals surface area contributed by atoms with Crippen LogP contribution >= 0.6 is 0 Å². The van der Waals surface area contributed by atoms with E-state index in [-0.39, 0.29) is 35.4 Å². The predicted octanol–water partition coefficient (Wildman–Crippen LogP) is 3.65. The zero-order chi connectivity index (χ0) is 28.9. The molecule has 0 saturated heterocycles. The van der Waals surface area contributed by atoms with Gasteiger partial charge >= 0.3 is 0 Å². The second kappa shape index (κ2) is 12.4. The highest BCUT2D eigenvalue weighted by molar-refractivity contribution is 7.92. The lowest BCUT2D eigenvalue weighted by Crippen LogP contribution is -2.51. The lowest BCUT2D eigenvalue weighted by Gasteiger charge is -2.33. The summed E-state index contributed by atoms with van der Waals surface area (Å²) in [5.41, 5.74) is 1.83. The first kappa shape index (κ1) is 28.9. The van der Waals surface area contributed by atoms with Crippen LogP contribution in [-0.4, -0.2) is 58.0 Å². The van der Waals surface area contributed by atoms with Crippen molar-refractivity contribution in [3.63, 3.8) is 0 Å². The van der Waals surface area contributed by atoms with Gasteiger partial charge in [-0.15, -0.1) is 0 Å². The number of nitrogens with zero attached hydrogens (tertiary/aromatic N) is 2. The number of rotatable bonds is 10. The third-order valence-electron chi connectivity index (χ3n) is 6.73. The van der Waals surface area contributed by atoms with Crippen molar-refractivity contribution in [2.24, 2.45) is 0 Å². The van der Waals surface area contributed by atoms with Gasteiger partial charge in [0, 0.05) is 19.7 Å². The molecule has 2 amide bonds. The zero-order valence-corrected chi connectivity index (χ0v) is 23.4. The van der Waals surface area contributed by atoms with E-state index in [4.69, 9.17) is 9.47 Å². The van der Waals surface area contributed by atoms with Gasteiger partial charge in [0.15, 0.2) is 11.5 Å². The van der Waals surface area contributed by atoms with E-state index in [0.717, 1.165) is 27.6 Å². The van der Waals surface area contributed by atoms with Crippen LogP contribution in [0.3, 0.4) is 0 Å². The summed E-state index contributed by atoms with van der Waals surface area (Å²) in [6.07, 6.45) is 0.308. The van der Waals surface area contributed by atoms with E-state index in [0.29, 0.717) is 18.8 Å². The molecular weight excluding hydrogens is 537 g/mol. The molecule has 0 radical (unpaired) electrons. The number of hydrogen-bond acceptors (Lipinski definition) is 6. The number of hydrogen-bond donors (Lipinski definition) is 1. The molecular formula is C29H32FN3O6S. The van der Waals surface area contributed by atoms with Crippen molar-refractivity contribution in [2.75, 3.05) is 31.1 Å². The summed E-state index contributed by atoms with van der Waals surface area (Å²) in [6.45, 7) is 3.76. The molecule has 1 aliphatic rings. The summed E-state index contributed by atoms with van der Waals surface area (Å²) in [4.78, 5) is 28.0. The van der Waals surface area contributed by atoms with Crippen molar-refractivity contribution in [1.29, 1.82) is 0 Å². The Bertz CT molecular complexity index is 1480. The topological polar surface area (TPSA) is 105 Å². The van der Waals surface area contributed by atoms with Crippen LogP contribution in [-0.2, 0) is 26.2 Å². The molecule has 40 heavy (non-hydrogen) atoms. The highest BCUT2D eigenvalue weighted by atomic mass is 32.2. The molecule has 11 heteroatoms. The number of amides is 2. The van der Waals surface area contributed by atoms with Crippen molar-refractivity contribution in [3.8, 4) is 11.5 Å². The Morgan fingerprint density at radius 2 is 1.68 bits per heavy atom. The fraction of sp³-hybridized carbons (Fsp3) is 0.310. The van der Waals surface area contributed by atoms with Crippen LogP contribution in [0.4, 0.5) is 10.1 Å². The van der Waals surface area contributed by atoms with Crippen molar-refractivity contribution in [1.82, 2.24) is 10.2 Å². The summed E-state index contributed by atoms with van der Waals surface area (Å²) in [5, 5.41) is 2.60. The molecule has 9 nitrogen and oxygen atoms in total. The number of carbonyl (C=O) groups is 2. The van der Waals surface area contributed by atoms with Gasteiger partial charge in [0.2, 0.25) is 11.8 Å². The Morgan fingerprint density at radius 3 is 2.33 bits per heavy atom. The number of sulfonamides is 1. The highest BCUT2D eigenvalue weighted by Crippen LogP contribution is 2.34. The molecule has 0 bridgehead atoms. The van der Waals surface area contributed by atoms with E-state index < -0.39 is 34.3 Å². The quantitative estimate of drug-likeness (QED) is 0.400. The molecule has 0 aromatic heterocycles. The average Bonchev–Trinajstić information content (AvgIpc) is 2.96. The molecule has 4 rings (SSSR count). The van der Waals surface area contributed by atoms with Gasteiger partial charge in [-0.05, 0) is 60.9 Å². The van der Waals surface area contributed by atoms with Crippen molar-refractivity contribution in [3.05, 3.63) is 83.7 Å². The number of ether oxygens (including phenoxy) is 2. The maximum absolute atomic E-state index is 14.0. The van der Waals surface area contributed by atoms with E-state index in [1.54, 1.807) is 6.92 Å². The first-order chi connectivity index (χ1) is 19.1. The second-order valence-corrected chi connectivity index (χ2v) is 11.1. The van der Waals surface area contributed by atoms with Crippen LogP contribution in [0.2, 0.25) is 0 Å². The SMILES string of the molecule is CCC(C(=O)NC)N(Cc1ccccc1C)C(=O)CN(c1ccc(F)cc1)S(=O)(=O)c1ccc2c(c1)OCCO2. The monoisotopic (exact) mass is 569 g/mol. The lowest BCUT2D eigenvalue weighted by atomic mass is 10.1. The van der Waals surface area contributed by atoms with Gasteiger partial charge in [0.1, 0.15) is 31.6 Å². The zero-order valence-electron chi connectivity index (χ0n) is 22.6. The van der Waals surface area contributed by atoms with E-state index in [2.05, 4.69) is 5.32 Å². The highest BCUT2D eigenvalue weighted by Gasteiger charge is 2.34. The fourth-order valence-corrected chi connectivity index (χ4v) is 5.93. The van der Waals surface area contributed by atoms with Crippen LogP contribution < -0.4 is 19.1 Å². The number of halogens is 1. The number of aryl methyl sites for hydroxylation is 1. The largest absolute Gasteiger partial charge is 0.486 e. The summed E-state index contributed by atoms with van der Waals surface area (Å²) < 4.78 is 53.8. The molecule has 1 N–H and O–H groups in total. The van der Waals surface area contributed by atoms with Gasteiger partial charge in [-0.1, -0.05) is 31.2 Å². The number of anilines is 1. The summed E-state index contributed by atoms with van der Waals surface area (Å²) in [7, 11) is -2.86. The van der Waals surface area contributed by atoms with Crippen molar-refractivity contribution >= 4 is 27.5 Å². The average molecular weight is 570 g/mol. The minimum atomic E-state index is -4.34. The predicted molar refractivity (Wildman–Crippen MR) is 148 cm³/mol. The number of nitrogens with one attached hydrogen (secondary N) is 1. The van der Waals surface area contributed by atoms with E-state index in [1.165, 1.54) is 42.3 Å². The van der Waals surface area contributed by atoms with E-state index in [9.17, 15) is 22.4 Å². The molecule has 0 saturated carbocycles. The maximum atomic E-state index is 14.0. The lowest BCUT2D eigenvalue weighted by molar-refractivity contribution is -0.140. The number of fused-ring (bicyclic) bond motifs is 1. The summed E-state index contributed by atoms with van der Waals surface area (Å²) >= 11 is 0. The van der Waals surface area contributed by atoms with Gasteiger partial charge in [-0.2, -0.15) is 0 Å². The Labute approximate surface area is 233 Å². The van der Waals surface area contributed by atoms with Crippen molar-refractivity contribution in [2.45, 2.75) is 37.8 Å². The first-order valence-corrected chi connectivity index (χ1v) is 14.3. The van der Waals surface area contributed by atoms with Crippen LogP contribution in [0.1, 0.15) is 24.5 Å². The molecule has 1 unspecified atom stereocenters. The molecule has 212 valence electrons. The summed E-state index contributed by atoms with van der Waals surface area (Å²) in [5.74, 6) is -0.838. The summed E-state index contributed by atoms with van der Waals surface area (Å²) in [6, 6.07) is 15.7. The Balaban J connectivity index is 1.75. The minimum Gasteiger partial charge on any atom is -0.486 e. The molecule has 3 aromatic rings. The Morgan fingerprint density at radius 1 is 1.00 bits per heavy atom. The van der Waals surface area contributed by atoms with Gasteiger partial charge in [0.25, 0.3) is 10.0 Å². The van der Waals surface area contributed by atoms with Crippen molar-refractivity contribution < 1.29 is 31.9 Å². The van der Waals surface area contributed by atoms with Crippen LogP contribution in [0.5, 0.6) is 11.5 Å². The third-order valence-corrected chi connectivity index (χ3v) is 8.50. The number of likely N-dealkylation sites (N-methyl/N-ethyl adjacent to an activating group) is 1. The molecule has 3 aromatic carbocycles. The van der Waals surface area contributed by atoms with E-state index >= 15 is 0 Å². The normalized spacial score (nSPS) is 13.3. The third kappa shape index (κ3) is 6.20. The molecule has 0 aliphatic carbocycles. The van der Waals surface area contributed by atoms with Gasteiger partial charge in [-0.25, -0.2) is 12.8 Å². The smallest absolute Gasteiger partial charge is 0.264 e. The van der Waals surface area contributed by atoms with Gasteiger partial charge in [-0.3, -0.25) is 13.9 Å². The molecule has 1 atom stereocenters. The fourth-order valence-electron chi connectivity index (χ4n) is 4.50.